The maximum absolute atomic E-state index is 12.4. The lowest BCUT2D eigenvalue weighted by Crippen LogP contribution is -2.32. The lowest BCUT2D eigenvalue weighted by atomic mass is 9.97. The van der Waals surface area contributed by atoms with Crippen LogP contribution in [0.15, 0.2) is 51.8 Å². The van der Waals surface area contributed by atoms with Crippen LogP contribution in [0.1, 0.15) is 44.6 Å². The Labute approximate surface area is 180 Å². The Hall–Kier alpha value is -2.05. The molecule has 0 unspecified atom stereocenters. The van der Waals surface area contributed by atoms with Gasteiger partial charge >= 0.3 is 0 Å². The molecule has 1 aromatic carbocycles. The number of aryl methyl sites for hydroxylation is 1. The monoisotopic (exact) mass is 431 g/mol. The van der Waals surface area contributed by atoms with E-state index in [0.717, 1.165) is 24.8 Å². The number of thioether (sulfide) groups is 1. The summed E-state index contributed by atoms with van der Waals surface area (Å²) in [5.41, 5.74) is 2.74. The largest absolute Gasteiger partial charge is 0.355 e. The van der Waals surface area contributed by atoms with Crippen LogP contribution in [0.5, 0.6) is 0 Å². The zero-order valence-electron chi connectivity index (χ0n) is 16.8. The molecule has 154 valence electrons. The van der Waals surface area contributed by atoms with Crippen molar-refractivity contribution in [3.8, 4) is 5.69 Å². The van der Waals surface area contributed by atoms with Crippen LogP contribution < -0.4 is 10.9 Å². The molecule has 0 radical (unpaired) electrons. The normalized spacial score (nSPS) is 14.9. The Bertz CT molecular complexity index is 971. The van der Waals surface area contributed by atoms with Crippen LogP contribution in [0.4, 0.5) is 0 Å². The molecule has 7 heteroatoms. The number of carbonyl (C=O) groups excluding carboxylic acids is 1. The van der Waals surface area contributed by atoms with Crippen LogP contribution in [-0.4, -0.2) is 27.5 Å². The van der Waals surface area contributed by atoms with Crippen molar-refractivity contribution >= 4 is 29.3 Å². The highest BCUT2D eigenvalue weighted by molar-refractivity contribution is 8.00. The van der Waals surface area contributed by atoms with E-state index in [2.05, 4.69) is 16.5 Å². The van der Waals surface area contributed by atoms with Gasteiger partial charge in [-0.15, -0.1) is 0 Å². The van der Waals surface area contributed by atoms with Gasteiger partial charge in [0.05, 0.1) is 10.9 Å². The van der Waals surface area contributed by atoms with Crippen LogP contribution >= 0.6 is 23.4 Å². The molecule has 1 atom stereocenters. The first-order chi connectivity index (χ1) is 13.9. The second-order valence-electron chi connectivity index (χ2n) is 7.26. The highest BCUT2D eigenvalue weighted by atomic mass is 35.5. The molecule has 0 fully saturated rings. The molecule has 29 heavy (non-hydrogen) atoms. The molecule has 1 aliphatic carbocycles. The average molecular weight is 432 g/mol. The number of hydrogen-bond acceptors (Lipinski definition) is 4. The lowest BCUT2D eigenvalue weighted by Gasteiger charge is -2.15. The summed E-state index contributed by atoms with van der Waals surface area (Å²) in [6.45, 7) is 4.41. The van der Waals surface area contributed by atoms with Gasteiger partial charge in [-0.3, -0.25) is 9.59 Å². The molecule has 0 saturated carbocycles. The number of amides is 1. The van der Waals surface area contributed by atoms with Crippen LogP contribution in [0.25, 0.3) is 5.69 Å². The van der Waals surface area contributed by atoms with Crippen molar-refractivity contribution in [2.75, 3.05) is 6.54 Å². The summed E-state index contributed by atoms with van der Waals surface area (Å²) in [7, 11) is 0. The highest BCUT2D eigenvalue weighted by Crippen LogP contribution is 2.23. The van der Waals surface area contributed by atoms with Gasteiger partial charge in [0.2, 0.25) is 5.91 Å². The van der Waals surface area contributed by atoms with Gasteiger partial charge in [0.1, 0.15) is 5.03 Å². The van der Waals surface area contributed by atoms with Gasteiger partial charge in [0.25, 0.3) is 5.56 Å². The average Bonchev–Trinajstić information content (AvgIpc) is 2.72. The van der Waals surface area contributed by atoms with Crippen molar-refractivity contribution in [1.82, 2.24) is 15.1 Å². The second kappa shape index (κ2) is 10.1. The zero-order chi connectivity index (χ0) is 20.8. The lowest BCUT2D eigenvalue weighted by molar-refractivity contribution is -0.120. The summed E-state index contributed by atoms with van der Waals surface area (Å²) < 4.78 is 1.31. The standard InChI is InChI=1S/C22H26ClN3O2S/c1-15-8-9-18(14-19(15)23)26-21(27)11-10-20(25-26)29-16(2)22(28)24-13-12-17-6-4-3-5-7-17/h6,8-11,14,16H,3-5,7,12-13H2,1-2H3,(H,24,28)/t16-/m1/s1. The van der Waals surface area contributed by atoms with Gasteiger partial charge in [-0.1, -0.05) is 41.1 Å². The molecule has 0 bridgehead atoms. The number of nitrogens with one attached hydrogen (secondary N) is 1. The van der Waals surface area contributed by atoms with Crippen LogP contribution in [0.3, 0.4) is 0 Å². The molecule has 1 aromatic heterocycles. The first-order valence-corrected chi connectivity index (χ1v) is 11.2. The molecule has 0 aliphatic heterocycles. The number of aromatic nitrogens is 2. The third kappa shape index (κ3) is 5.97. The number of halogens is 1. The van der Waals surface area contributed by atoms with E-state index in [4.69, 9.17) is 11.6 Å². The van der Waals surface area contributed by atoms with E-state index in [-0.39, 0.29) is 16.7 Å². The Morgan fingerprint density at radius 2 is 2.14 bits per heavy atom. The second-order valence-corrected chi connectivity index (χ2v) is 9.03. The van der Waals surface area contributed by atoms with Crippen molar-refractivity contribution < 1.29 is 4.79 Å². The summed E-state index contributed by atoms with van der Waals surface area (Å²) in [6.07, 6.45) is 8.05. The molecule has 1 heterocycles. The fraction of sp³-hybridized carbons (Fsp3) is 0.409. The van der Waals surface area contributed by atoms with Crippen LogP contribution in [0.2, 0.25) is 5.02 Å². The highest BCUT2D eigenvalue weighted by Gasteiger charge is 2.16. The smallest absolute Gasteiger partial charge is 0.271 e. The molecule has 5 nitrogen and oxygen atoms in total. The number of hydrogen-bond donors (Lipinski definition) is 1. The molecular weight excluding hydrogens is 406 g/mol. The molecule has 1 aliphatic rings. The quantitative estimate of drug-likeness (QED) is 0.510. The van der Waals surface area contributed by atoms with Gasteiger partial charge in [-0.2, -0.15) is 9.78 Å². The van der Waals surface area contributed by atoms with Gasteiger partial charge in [0, 0.05) is 17.6 Å². The minimum Gasteiger partial charge on any atom is -0.355 e. The van der Waals surface area contributed by atoms with E-state index in [1.54, 1.807) is 18.2 Å². The maximum atomic E-state index is 12.4. The Balaban J connectivity index is 1.61. The van der Waals surface area contributed by atoms with Crippen LogP contribution in [-0.2, 0) is 4.79 Å². The van der Waals surface area contributed by atoms with E-state index < -0.39 is 0 Å². The van der Waals surface area contributed by atoms with Crippen molar-refractivity contribution in [2.45, 2.75) is 56.2 Å². The van der Waals surface area contributed by atoms with Gasteiger partial charge in [-0.05, 0) is 69.7 Å². The van der Waals surface area contributed by atoms with Crippen molar-refractivity contribution in [2.24, 2.45) is 0 Å². The fourth-order valence-corrected chi connectivity index (χ4v) is 4.21. The number of benzene rings is 1. The zero-order valence-corrected chi connectivity index (χ0v) is 18.4. The van der Waals surface area contributed by atoms with E-state index in [9.17, 15) is 9.59 Å². The summed E-state index contributed by atoms with van der Waals surface area (Å²) in [5, 5.41) is 8.29. The molecule has 0 spiro atoms. The minimum absolute atomic E-state index is 0.0238. The minimum atomic E-state index is -0.310. The molecule has 3 rings (SSSR count). The number of allylic oxidation sites excluding steroid dienone is 1. The topological polar surface area (TPSA) is 64.0 Å². The summed E-state index contributed by atoms with van der Waals surface area (Å²) in [6, 6.07) is 8.48. The van der Waals surface area contributed by atoms with Crippen LogP contribution in [0, 0.1) is 6.92 Å². The predicted molar refractivity (Wildman–Crippen MR) is 119 cm³/mol. The first kappa shape index (κ1) is 21.7. The molecule has 1 N–H and O–H groups in total. The summed E-state index contributed by atoms with van der Waals surface area (Å²) in [5.74, 6) is -0.0238. The van der Waals surface area contributed by atoms with Crippen molar-refractivity contribution in [1.29, 1.82) is 0 Å². The SMILES string of the molecule is Cc1ccc(-n2nc(S[C@H](C)C(=O)NCCC3=CCCCC3)ccc2=O)cc1Cl. The summed E-state index contributed by atoms with van der Waals surface area (Å²) in [4.78, 5) is 24.7. The predicted octanol–water partition coefficient (Wildman–Crippen LogP) is 4.68. The molecule has 2 aromatic rings. The number of rotatable bonds is 7. The molecular formula is C22H26ClN3O2S. The number of nitrogens with zero attached hydrogens (tertiary/aromatic N) is 2. The summed E-state index contributed by atoms with van der Waals surface area (Å²) >= 11 is 7.51. The maximum Gasteiger partial charge on any atom is 0.271 e. The number of carbonyl (C=O) groups is 1. The Morgan fingerprint density at radius 3 is 2.86 bits per heavy atom. The van der Waals surface area contributed by atoms with Gasteiger partial charge in [-0.25, -0.2) is 0 Å². The Morgan fingerprint density at radius 1 is 1.31 bits per heavy atom. The Kier molecular flexibility index (Phi) is 7.56. The van der Waals surface area contributed by atoms with E-state index in [1.165, 1.54) is 40.9 Å². The molecule has 1 amide bonds. The van der Waals surface area contributed by atoms with E-state index >= 15 is 0 Å². The van der Waals surface area contributed by atoms with E-state index in [0.29, 0.717) is 22.3 Å². The van der Waals surface area contributed by atoms with E-state index in [1.807, 2.05) is 19.9 Å². The van der Waals surface area contributed by atoms with Gasteiger partial charge < -0.3 is 5.32 Å². The van der Waals surface area contributed by atoms with Crippen molar-refractivity contribution in [3.63, 3.8) is 0 Å². The fourth-order valence-electron chi connectivity index (χ4n) is 3.21. The third-order valence-electron chi connectivity index (χ3n) is 4.97. The van der Waals surface area contributed by atoms with Gasteiger partial charge in [0.15, 0.2) is 0 Å². The van der Waals surface area contributed by atoms with Crippen molar-refractivity contribution in [3.05, 3.63) is 62.9 Å². The first-order valence-electron chi connectivity index (χ1n) is 9.93. The third-order valence-corrected chi connectivity index (χ3v) is 6.41. The molecule has 0 saturated heterocycles.